The molecule has 0 unspecified atom stereocenters. The van der Waals surface area contributed by atoms with Gasteiger partial charge in [0.25, 0.3) is 5.91 Å². The molecular weight excluding hydrogens is 242 g/mol. The Kier molecular flexibility index (Phi) is 3.66. The molecule has 5 heteroatoms. The van der Waals surface area contributed by atoms with E-state index in [1.165, 1.54) is 17.2 Å². The van der Waals surface area contributed by atoms with Gasteiger partial charge >= 0.3 is 0 Å². The van der Waals surface area contributed by atoms with Crippen LogP contribution in [0.3, 0.4) is 0 Å². The van der Waals surface area contributed by atoms with Crippen molar-refractivity contribution in [1.82, 2.24) is 4.98 Å². The molecule has 0 saturated carbocycles. The van der Waals surface area contributed by atoms with Crippen LogP contribution in [0.4, 0.5) is 11.4 Å². The first kappa shape index (κ1) is 12.9. The Morgan fingerprint density at radius 2 is 2.16 bits per heavy atom. The molecule has 1 aromatic carbocycles. The summed E-state index contributed by atoms with van der Waals surface area (Å²) in [5.74, 6) is -0.177. The molecule has 1 aromatic heterocycles. The van der Waals surface area contributed by atoms with Crippen molar-refractivity contribution in [3.63, 3.8) is 0 Å². The van der Waals surface area contributed by atoms with E-state index in [0.717, 1.165) is 0 Å². The van der Waals surface area contributed by atoms with Crippen LogP contribution in [0.5, 0.6) is 5.75 Å². The van der Waals surface area contributed by atoms with Crippen molar-refractivity contribution in [3.05, 3.63) is 48.3 Å². The lowest BCUT2D eigenvalue weighted by Crippen LogP contribution is -2.31. The molecule has 0 aliphatic heterocycles. The molecule has 0 bridgehead atoms. The molecule has 0 fully saturated rings. The van der Waals surface area contributed by atoms with Gasteiger partial charge in [0.2, 0.25) is 0 Å². The summed E-state index contributed by atoms with van der Waals surface area (Å²) >= 11 is 0. The largest absolute Gasteiger partial charge is 0.508 e. The summed E-state index contributed by atoms with van der Waals surface area (Å²) in [5, 5.41) is 9.49. The van der Waals surface area contributed by atoms with Crippen molar-refractivity contribution in [1.29, 1.82) is 0 Å². The minimum atomic E-state index is -0.286. The molecule has 0 aliphatic carbocycles. The maximum atomic E-state index is 12.4. The van der Waals surface area contributed by atoms with Crippen LogP contribution in [0.1, 0.15) is 17.4 Å². The molecule has 98 valence electrons. The Balaban J connectivity index is 2.38. The topological polar surface area (TPSA) is 79.5 Å². The van der Waals surface area contributed by atoms with Crippen molar-refractivity contribution in [2.75, 3.05) is 17.2 Å². The smallest absolute Gasteiger partial charge is 0.278 e. The van der Waals surface area contributed by atoms with Crippen LogP contribution in [0.2, 0.25) is 0 Å². The Hall–Kier alpha value is -2.56. The zero-order valence-electron chi connectivity index (χ0n) is 10.6. The van der Waals surface area contributed by atoms with E-state index >= 15 is 0 Å². The average molecular weight is 257 g/mol. The van der Waals surface area contributed by atoms with Gasteiger partial charge in [-0.2, -0.15) is 0 Å². The van der Waals surface area contributed by atoms with Gasteiger partial charge in [0.05, 0.1) is 5.69 Å². The molecular formula is C14H15N3O2. The van der Waals surface area contributed by atoms with E-state index < -0.39 is 0 Å². The average Bonchev–Trinajstić information content (AvgIpc) is 2.40. The minimum absolute atomic E-state index is 0.109. The van der Waals surface area contributed by atoms with E-state index in [9.17, 15) is 9.90 Å². The van der Waals surface area contributed by atoms with Crippen molar-refractivity contribution < 1.29 is 9.90 Å². The SMILES string of the molecule is CCN(C(=O)c1ncccc1N)c1cccc(O)c1. The number of carbonyl (C=O) groups excluding carboxylic acids is 1. The van der Waals surface area contributed by atoms with Crippen LogP contribution in [0.15, 0.2) is 42.6 Å². The second-order valence-corrected chi connectivity index (χ2v) is 4.01. The van der Waals surface area contributed by atoms with E-state index in [0.29, 0.717) is 17.9 Å². The van der Waals surface area contributed by atoms with E-state index in [2.05, 4.69) is 4.98 Å². The standard InChI is InChI=1S/C14H15N3O2/c1-2-17(10-5-3-6-11(18)9-10)14(19)13-12(15)7-4-8-16-13/h3-9,18H,2,15H2,1H3. The summed E-state index contributed by atoms with van der Waals surface area (Å²) in [4.78, 5) is 17.9. The number of phenolic OH excluding ortho intramolecular Hbond substituents is 1. The summed E-state index contributed by atoms with van der Waals surface area (Å²) in [6.07, 6.45) is 1.53. The number of aromatic nitrogens is 1. The number of aromatic hydroxyl groups is 1. The summed E-state index contributed by atoms with van der Waals surface area (Å²) in [6.45, 7) is 2.30. The Morgan fingerprint density at radius 1 is 1.37 bits per heavy atom. The highest BCUT2D eigenvalue weighted by molar-refractivity contribution is 6.07. The maximum absolute atomic E-state index is 12.4. The number of nitrogen functional groups attached to an aromatic ring is 1. The summed E-state index contributed by atoms with van der Waals surface area (Å²) < 4.78 is 0. The normalized spacial score (nSPS) is 10.2. The molecule has 0 saturated heterocycles. The fourth-order valence-electron chi connectivity index (χ4n) is 1.83. The third kappa shape index (κ3) is 2.65. The third-order valence-corrected chi connectivity index (χ3v) is 2.74. The van der Waals surface area contributed by atoms with Crippen LogP contribution in [-0.4, -0.2) is 22.5 Å². The molecule has 0 radical (unpaired) electrons. The van der Waals surface area contributed by atoms with Gasteiger partial charge in [0.1, 0.15) is 5.75 Å². The number of hydrogen-bond donors (Lipinski definition) is 2. The molecule has 0 spiro atoms. The van der Waals surface area contributed by atoms with E-state index in [1.54, 1.807) is 30.3 Å². The third-order valence-electron chi connectivity index (χ3n) is 2.74. The number of nitrogens with zero attached hydrogens (tertiary/aromatic N) is 2. The van der Waals surface area contributed by atoms with Crippen molar-refractivity contribution in [3.8, 4) is 5.75 Å². The Morgan fingerprint density at radius 3 is 2.79 bits per heavy atom. The highest BCUT2D eigenvalue weighted by atomic mass is 16.3. The second-order valence-electron chi connectivity index (χ2n) is 4.01. The number of anilines is 2. The number of phenols is 1. The number of nitrogens with two attached hydrogens (primary N) is 1. The van der Waals surface area contributed by atoms with Crippen LogP contribution in [-0.2, 0) is 0 Å². The lowest BCUT2D eigenvalue weighted by molar-refractivity contribution is 0.0984. The highest BCUT2D eigenvalue weighted by Crippen LogP contribution is 2.22. The van der Waals surface area contributed by atoms with Gasteiger partial charge in [0.15, 0.2) is 5.69 Å². The molecule has 2 aromatic rings. The number of pyridine rings is 1. The molecule has 5 nitrogen and oxygen atoms in total. The van der Waals surface area contributed by atoms with E-state index in [4.69, 9.17) is 5.73 Å². The van der Waals surface area contributed by atoms with Gasteiger partial charge in [-0.05, 0) is 31.2 Å². The van der Waals surface area contributed by atoms with Crippen LogP contribution in [0.25, 0.3) is 0 Å². The highest BCUT2D eigenvalue weighted by Gasteiger charge is 2.19. The fraction of sp³-hybridized carbons (Fsp3) is 0.143. The van der Waals surface area contributed by atoms with Gasteiger partial charge < -0.3 is 15.7 Å². The number of benzene rings is 1. The second kappa shape index (κ2) is 5.39. The Labute approximate surface area is 111 Å². The van der Waals surface area contributed by atoms with Crippen LogP contribution in [0, 0.1) is 0 Å². The van der Waals surface area contributed by atoms with E-state index in [-0.39, 0.29) is 17.4 Å². The summed E-state index contributed by atoms with van der Waals surface area (Å²) in [6, 6.07) is 9.83. The molecule has 0 atom stereocenters. The van der Waals surface area contributed by atoms with E-state index in [1.807, 2.05) is 6.92 Å². The first-order valence-electron chi connectivity index (χ1n) is 5.95. The quantitative estimate of drug-likeness (QED) is 0.881. The molecule has 1 amide bonds. The molecule has 19 heavy (non-hydrogen) atoms. The summed E-state index contributed by atoms with van der Waals surface area (Å²) in [5.41, 5.74) is 6.93. The van der Waals surface area contributed by atoms with Gasteiger partial charge in [-0.3, -0.25) is 4.79 Å². The van der Waals surface area contributed by atoms with Crippen LogP contribution < -0.4 is 10.6 Å². The maximum Gasteiger partial charge on any atom is 0.278 e. The number of hydrogen-bond acceptors (Lipinski definition) is 4. The Bertz CT molecular complexity index is 599. The van der Waals surface area contributed by atoms with Gasteiger partial charge in [-0.15, -0.1) is 0 Å². The summed E-state index contributed by atoms with van der Waals surface area (Å²) in [7, 11) is 0. The number of rotatable bonds is 3. The van der Waals surface area contributed by atoms with Gasteiger partial charge in [-0.25, -0.2) is 4.98 Å². The minimum Gasteiger partial charge on any atom is -0.508 e. The molecule has 3 N–H and O–H groups in total. The first-order valence-corrected chi connectivity index (χ1v) is 5.95. The van der Waals surface area contributed by atoms with Crippen molar-refractivity contribution in [2.45, 2.75) is 6.92 Å². The fourth-order valence-corrected chi connectivity index (χ4v) is 1.83. The van der Waals surface area contributed by atoms with Crippen LogP contribution >= 0.6 is 0 Å². The molecule has 1 heterocycles. The lowest BCUT2D eigenvalue weighted by Gasteiger charge is -2.21. The first-order chi connectivity index (χ1) is 9.13. The van der Waals surface area contributed by atoms with Gasteiger partial charge in [0, 0.05) is 24.5 Å². The van der Waals surface area contributed by atoms with Crippen molar-refractivity contribution in [2.24, 2.45) is 0 Å². The predicted octanol–water partition coefficient (Wildman–Crippen LogP) is 2.04. The number of carbonyl (C=O) groups is 1. The number of amides is 1. The van der Waals surface area contributed by atoms with Crippen molar-refractivity contribution >= 4 is 17.3 Å². The predicted molar refractivity (Wildman–Crippen MR) is 74.1 cm³/mol. The zero-order chi connectivity index (χ0) is 13.8. The molecule has 0 aliphatic rings. The monoisotopic (exact) mass is 257 g/mol. The zero-order valence-corrected chi connectivity index (χ0v) is 10.6. The van der Waals surface area contributed by atoms with Gasteiger partial charge in [-0.1, -0.05) is 6.07 Å². The molecule has 2 rings (SSSR count). The lowest BCUT2D eigenvalue weighted by atomic mass is 10.2.